The van der Waals surface area contributed by atoms with Crippen molar-refractivity contribution in [3.8, 4) is 11.5 Å². The predicted molar refractivity (Wildman–Crippen MR) is 101 cm³/mol. The minimum Gasteiger partial charge on any atom is -0.411 e. The molecule has 0 radical (unpaired) electrons. The summed E-state index contributed by atoms with van der Waals surface area (Å²) in [6.07, 6.45) is 0.901. The quantitative estimate of drug-likeness (QED) is 0.658. The van der Waals surface area contributed by atoms with Gasteiger partial charge >= 0.3 is 0 Å². The molecule has 1 aromatic heterocycles. The summed E-state index contributed by atoms with van der Waals surface area (Å²) >= 11 is 1.31. The summed E-state index contributed by atoms with van der Waals surface area (Å²) in [7, 11) is 0. The van der Waals surface area contributed by atoms with E-state index in [0.29, 0.717) is 17.7 Å². The van der Waals surface area contributed by atoms with E-state index in [-0.39, 0.29) is 11.2 Å². The summed E-state index contributed by atoms with van der Waals surface area (Å²) in [5.74, 6) is 0.573. The monoisotopic (exact) mass is 365 g/mol. The van der Waals surface area contributed by atoms with Gasteiger partial charge in [-0.15, -0.1) is 10.2 Å². The molecule has 0 N–H and O–H groups in total. The van der Waals surface area contributed by atoms with Crippen molar-refractivity contribution in [1.82, 2.24) is 15.1 Å². The molecule has 1 amide bonds. The van der Waals surface area contributed by atoms with Crippen molar-refractivity contribution in [2.75, 3.05) is 6.54 Å². The van der Waals surface area contributed by atoms with Gasteiger partial charge in [-0.05, 0) is 36.6 Å². The molecular formula is C20H19N3O2S. The van der Waals surface area contributed by atoms with E-state index in [1.54, 1.807) is 0 Å². The number of carbonyl (C=O) groups is 1. The van der Waals surface area contributed by atoms with Gasteiger partial charge in [-0.3, -0.25) is 4.79 Å². The van der Waals surface area contributed by atoms with Crippen LogP contribution in [0.2, 0.25) is 0 Å². The number of aromatic nitrogens is 2. The molecule has 0 fully saturated rings. The molecule has 2 aromatic carbocycles. The molecule has 2 heterocycles. The first-order valence-corrected chi connectivity index (χ1v) is 9.50. The highest BCUT2D eigenvalue weighted by Gasteiger charge is 2.26. The molecule has 1 atom stereocenters. The van der Waals surface area contributed by atoms with Crippen molar-refractivity contribution in [2.24, 2.45) is 0 Å². The molecule has 0 unspecified atom stereocenters. The minimum absolute atomic E-state index is 0.101. The van der Waals surface area contributed by atoms with Crippen LogP contribution in [0.4, 0.5) is 0 Å². The van der Waals surface area contributed by atoms with Crippen LogP contribution in [0.1, 0.15) is 18.1 Å². The Morgan fingerprint density at radius 2 is 1.81 bits per heavy atom. The van der Waals surface area contributed by atoms with Crippen LogP contribution in [0.5, 0.6) is 0 Å². The van der Waals surface area contributed by atoms with E-state index in [0.717, 1.165) is 18.5 Å². The molecule has 0 spiro atoms. The lowest BCUT2D eigenvalue weighted by Gasteiger charge is -2.30. The van der Waals surface area contributed by atoms with E-state index in [1.165, 1.54) is 22.9 Å². The fraction of sp³-hybridized carbons (Fsp3) is 0.250. The lowest BCUT2D eigenvalue weighted by molar-refractivity contribution is -0.131. The molecule has 6 heteroatoms. The summed E-state index contributed by atoms with van der Waals surface area (Å²) in [5.41, 5.74) is 3.44. The Kier molecular flexibility index (Phi) is 4.75. The minimum atomic E-state index is -0.274. The highest BCUT2D eigenvalue weighted by Crippen LogP contribution is 2.28. The lowest BCUT2D eigenvalue weighted by Crippen LogP contribution is -2.40. The summed E-state index contributed by atoms with van der Waals surface area (Å²) in [6.45, 7) is 3.30. The SMILES string of the molecule is C[C@H](Sc1nnc(-c2ccccc2)o1)C(=O)N1CCc2ccccc2C1. The zero-order valence-electron chi connectivity index (χ0n) is 14.5. The van der Waals surface area contributed by atoms with E-state index < -0.39 is 0 Å². The molecule has 1 aliphatic heterocycles. The molecule has 26 heavy (non-hydrogen) atoms. The van der Waals surface area contributed by atoms with Gasteiger partial charge in [-0.1, -0.05) is 54.2 Å². The number of benzene rings is 2. The lowest BCUT2D eigenvalue weighted by atomic mass is 10.00. The normalized spacial score (nSPS) is 14.7. The van der Waals surface area contributed by atoms with Gasteiger partial charge in [0.1, 0.15) is 0 Å². The maximum absolute atomic E-state index is 12.8. The zero-order chi connectivity index (χ0) is 17.9. The van der Waals surface area contributed by atoms with Gasteiger partial charge in [0, 0.05) is 18.7 Å². The summed E-state index contributed by atoms with van der Waals surface area (Å²) in [6, 6.07) is 17.9. The van der Waals surface area contributed by atoms with E-state index >= 15 is 0 Å². The number of thioether (sulfide) groups is 1. The Labute approximate surface area is 156 Å². The molecule has 132 valence electrons. The van der Waals surface area contributed by atoms with Gasteiger partial charge in [-0.25, -0.2) is 0 Å². The van der Waals surface area contributed by atoms with E-state index in [1.807, 2.05) is 48.2 Å². The first-order chi connectivity index (χ1) is 12.7. The third kappa shape index (κ3) is 3.51. The first kappa shape index (κ1) is 16.8. The topological polar surface area (TPSA) is 59.2 Å². The van der Waals surface area contributed by atoms with Crippen LogP contribution in [0.15, 0.2) is 64.2 Å². The third-order valence-corrected chi connectivity index (χ3v) is 5.42. The van der Waals surface area contributed by atoms with Gasteiger partial charge < -0.3 is 9.32 Å². The maximum atomic E-state index is 12.8. The molecule has 0 aliphatic carbocycles. The fourth-order valence-corrected chi connectivity index (χ4v) is 3.86. The van der Waals surface area contributed by atoms with Crippen LogP contribution in [0.3, 0.4) is 0 Å². The molecular weight excluding hydrogens is 346 g/mol. The standard InChI is InChI=1S/C20H19N3O2S/c1-14(19(24)23-12-11-15-7-5-6-10-17(15)13-23)26-20-22-21-18(25-20)16-8-3-2-4-9-16/h2-10,14H,11-13H2,1H3/t14-/m0/s1. The van der Waals surface area contributed by atoms with Crippen LogP contribution < -0.4 is 0 Å². The molecule has 0 saturated heterocycles. The highest BCUT2D eigenvalue weighted by atomic mass is 32.2. The predicted octanol–water partition coefficient (Wildman–Crippen LogP) is 3.80. The van der Waals surface area contributed by atoms with Crippen molar-refractivity contribution >= 4 is 17.7 Å². The first-order valence-electron chi connectivity index (χ1n) is 8.62. The van der Waals surface area contributed by atoms with Crippen molar-refractivity contribution < 1.29 is 9.21 Å². The van der Waals surface area contributed by atoms with Crippen LogP contribution in [-0.2, 0) is 17.8 Å². The number of amides is 1. The average molecular weight is 365 g/mol. The van der Waals surface area contributed by atoms with Crippen LogP contribution >= 0.6 is 11.8 Å². The summed E-state index contributed by atoms with van der Waals surface area (Å²) in [5, 5.41) is 8.30. The van der Waals surface area contributed by atoms with Crippen molar-refractivity contribution in [3.63, 3.8) is 0 Å². The number of hydrogen-bond donors (Lipinski definition) is 0. The number of rotatable bonds is 4. The zero-order valence-corrected chi connectivity index (χ0v) is 15.3. The van der Waals surface area contributed by atoms with Crippen molar-refractivity contribution in [3.05, 3.63) is 65.7 Å². The summed E-state index contributed by atoms with van der Waals surface area (Å²) in [4.78, 5) is 14.7. The van der Waals surface area contributed by atoms with Crippen molar-refractivity contribution in [2.45, 2.75) is 30.4 Å². The summed E-state index contributed by atoms with van der Waals surface area (Å²) < 4.78 is 5.70. The Morgan fingerprint density at radius 1 is 1.08 bits per heavy atom. The van der Waals surface area contributed by atoms with Gasteiger partial charge in [-0.2, -0.15) is 0 Å². The number of nitrogens with zero attached hydrogens (tertiary/aromatic N) is 3. The second-order valence-corrected chi connectivity index (χ2v) is 7.57. The Morgan fingerprint density at radius 3 is 2.62 bits per heavy atom. The van der Waals surface area contributed by atoms with Gasteiger partial charge in [0.25, 0.3) is 5.22 Å². The highest BCUT2D eigenvalue weighted by molar-refractivity contribution is 8.00. The largest absolute Gasteiger partial charge is 0.411 e. The Bertz CT molecular complexity index is 910. The van der Waals surface area contributed by atoms with Crippen LogP contribution in [-0.4, -0.2) is 32.8 Å². The van der Waals surface area contributed by atoms with E-state index in [9.17, 15) is 4.79 Å². The number of fused-ring (bicyclic) bond motifs is 1. The third-order valence-electron chi connectivity index (χ3n) is 4.49. The molecule has 0 saturated carbocycles. The molecule has 1 aliphatic rings. The number of carbonyl (C=O) groups excluding carboxylic acids is 1. The molecule has 5 nitrogen and oxygen atoms in total. The Hall–Kier alpha value is -2.60. The number of hydrogen-bond acceptors (Lipinski definition) is 5. The Balaban J connectivity index is 1.42. The molecule has 0 bridgehead atoms. The van der Waals surface area contributed by atoms with Gasteiger partial charge in [0.05, 0.1) is 5.25 Å². The van der Waals surface area contributed by atoms with Crippen LogP contribution in [0, 0.1) is 0 Å². The molecule has 3 aromatic rings. The van der Waals surface area contributed by atoms with Gasteiger partial charge in [0.2, 0.25) is 11.8 Å². The second kappa shape index (κ2) is 7.33. The van der Waals surface area contributed by atoms with Crippen LogP contribution in [0.25, 0.3) is 11.5 Å². The fourth-order valence-electron chi connectivity index (χ4n) is 3.10. The second-order valence-electron chi connectivity index (χ2n) is 6.28. The van der Waals surface area contributed by atoms with E-state index in [2.05, 4.69) is 28.4 Å². The maximum Gasteiger partial charge on any atom is 0.277 e. The van der Waals surface area contributed by atoms with Crippen molar-refractivity contribution in [1.29, 1.82) is 0 Å². The van der Waals surface area contributed by atoms with Gasteiger partial charge in [0.15, 0.2) is 0 Å². The van der Waals surface area contributed by atoms with E-state index in [4.69, 9.17) is 4.42 Å². The molecule has 4 rings (SSSR count). The smallest absolute Gasteiger partial charge is 0.277 e. The average Bonchev–Trinajstić information content (AvgIpc) is 3.16.